The molecule has 0 aromatic heterocycles. The van der Waals surface area contributed by atoms with Gasteiger partial charge < -0.3 is 30.2 Å². The first kappa shape index (κ1) is 45.6. The van der Waals surface area contributed by atoms with Gasteiger partial charge in [-0.1, -0.05) is 84.9 Å². The van der Waals surface area contributed by atoms with Gasteiger partial charge in [-0.05, 0) is 49.7 Å². The zero-order valence-corrected chi connectivity index (χ0v) is 30.7. The first-order valence-electron chi connectivity index (χ1n) is 15.5. The van der Waals surface area contributed by atoms with E-state index in [4.69, 9.17) is 0 Å². The summed E-state index contributed by atoms with van der Waals surface area (Å²) in [6.45, 7) is 13.5. The predicted molar refractivity (Wildman–Crippen MR) is 197 cm³/mol. The van der Waals surface area contributed by atoms with E-state index in [-0.39, 0.29) is 37.7 Å². The van der Waals surface area contributed by atoms with Crippen molar-refractivity contribution in [2.24, 2.45) is 0 Å². The Morgan fingerprint density at radius 2 is 0.870 bits per heavy atom. The Hall–Kier alpha value is -2.49. The normalized spacial score (nSPS) is 10.0. The molecule has 0 spiro atoms. The molecule has 0 atom stereocenters. The van der Waals surface area contributed by atoms with E-state index in [0.717, 1.165) is 24.5 Å². The number of fused-ring (bicyclic) bond motifs is 2. The minimum Gasteiger partial charge on any atom is -0.681 e. The van der Waals surface area contributed by atoms with Crippen molar-refractivity contribution in [2.45, 2.75) is 0 Å². The maximum atomic E-state index is 4.43. The van der Waals surface area contributed by atoms with Crippen LogP contribution in [0.1, 0.15) is 0 Å². The van der Waals surface area contributed by atoms with Crippen LogP contribution < -0.4 is 47.5 Å². The van der Waals surface area contributed by atoms with Crippen LogP contribution >= 0.6 is 0 Å². The summed E-state index contributed by atoms with van der Waals surface area (Å²) in [5.41, 5.74) is 2.09. The molecule has 0 fully saturated rings. The van der Waals surface area contributed by atoms with Crippen LogP contribution in [0.2, 0.25) is 0 Å². The monoisotopic (exact) mass is 613 g/mol. The van der Waals surface area contributed by atoms with Gasteiger partial charge in [0.2, 0.25) is 0 Å². The SMILES string of the molecule is C=CC[N-]c1cccc2ccccc12.C=CC[N-]c1cccc2ccccc12.CN(C)CCN(C)C.C[NH+](C)CC[NH+](C)C.[Li+].[Li+]. The maximum absolute atomic E-state index is 4.43. The van der Waals surface area contributed by atoms with Crippen LogP contribution in [-0.4, -0.2) is 105 Å². The van der Waals surface area contributed by atoms with E-state index < -0.39 is 0 Å². The molecular formula is C38H58Li2N6+2. The molecule has 0 radical (unpaired) electrons. The Balaban J connectivity index is 0. The van der Waals surface area contributed by atoms with Gasteiger partial charge in [0.1, 0.15) is 13.1 Å². The molecule has 8 heteroatoms. The van der Waals surface area contributed by atoms with Crippen molar-refractivity contribution < 1.29 is 47.5 Å². The van der Waals surface area contributed by atoms with Gasteiger partial charge in [0.25, 0.3) is 0 Å². The fourth-order valence-electron chi connectivity index (χ4n) is 3.92. The van der Waals surface area contributed by atoms with Gasteiger partial charge in [-0.3, -0.25) is 0 Å². The minimum absolute atomic E-state index is 0. The van der Waals surface area contributed by atoms with Crippen molar-refractivity contribution in [1.82, 2.24) is 9.80 Å². The fourth-order valence-corrected chi connectivity index (χ4v) is 3.92. The van der Waals surface area contributed by atoms with E-state index in [2.05, 4.69) is 126 Å². The molecule has 0 aliphatic rings. The average molecular weight is 613 g/mol. The smallest absolute Gasteiger partial charge is 0.681 e. The molecule has 0 saturated heterocycles. The number of rotatable bonds is 12. The fraction of sp³-hybridized carbons (Fsp3) is 0.368. The Bertz CT molecular complexity index is 1210. The van der Waals surface area contributed by atoms with E-state index >= 15 is 0 Å². The van der Waals surface area contributed by atoms with E-state index in [0.29, 0.717) is 13.1 Å². The molecule has 0 aliphatic heterocycles. The number of likely N-dealkylation sites (N-methyl/N-ethyl adjacent to an activating group) is 4. The van der Waals surface area contributed by atoms with Crippen molar-refractivity contribution in [3.8, 4) is 0 Å². The Kier molecular flexibility index (Phi) is 27.4. The standard InChI is InChI=1S/2C13H12N.2C6H16N2.2Li/c2*1-2-10-14-13-9-5-7-11-6-3-4-8-12(11)13;2*1-7(2)5-6-8(3)4;;/h2*2-9H,1,10H2;2*5-6H2,1-4H3;;/q2*-1;;;2*+1/p+2. The number of benzene rings is 4. The van der Waals surface area contributed by atoms with Crippen LogP contribution in [0.5, 0.6) is 0 Å². The zero-order chi connectivity index (χ0) is 32.7. The summed E-state index contributed by atoms with van der Waals surface area (Å²) in [7, 11) is 17.1. The third kappa shape index (κ3) is 20.6. The second kappa shape index (κ2) is 27.6. The molecule has 46 heavy (non-hydrogen) atoms. The van der Waals surface area contributed by atoms with Crippen molar-refractivity contribution in [2.75, 3.05) is 95.6 Å². The maximum Gasteiger partial charge on any atom is 1.00 e. The van der Waals surface area contributed by atoms with Crippen LogP contribution in [-0.2, 0) is 0 Å². The summed E-state index contributed by atoms with van der Waals surface area (Å²) in [4.78, 5) is 7.43. The topological polar surface area (TPSA) is 43.6 Å². The largest absolute Gasteiger partial charge is 1.00 e. The third-order valence-corrected chi connectivity index (χ3v) is 6.43. The predicted octanol–water partition coefficient (Wildman–Crippen LogP) is -0.545. The second-order valence-electron chi connectivity index (χ2n) is 11.8. The Morgan fingerprint density at radius 3 is 1.17 bits per heavy atom. The first-order chi connectivity index (χ1) is 21.1. The van der Waals surface area contributed by atoms with Crippen LogP contribution in [0.15, 0.2) is 110 Å². The van der Waals surface area contributed by atoms with Crippen molar-refractivity contribution in [3.05, 3.63) is 121 Å². The van der Waals surface area contributed by atoms with Gasteiger partial charge in [0, 0.05) is 13.1 Å². The van der Waals surface area contributed by atoms with Gasteiger partial charge in [-0.2, -0.15) is 0 Å². The summed E-state index contributed by atoms with van der Waals surface area (Å²) in [5.74, 6) is 0. The molecule has 2 N–H and O–H groups in total. The summed E-state index contributed by atoms with van der Waals surface area (Å²) in [5, 5.41) is 13.7. The number of quaternary nitrogens is 2. The van der Waals surface area contributed by atoms with Gasteiger partial charge in [0.05, 0.1) is 28.2 Å². The molecule has 4 rings (SSSR count). The summed E-state index contributed by atoms with van der Waals surface area (Å²) in [6.07, 6.45) is 3.61. The molecule has 6 nitrogen and oxygen atoms in total. The molecule has 4 aromatic rings. The Labute approximate surface area is 305 Å². The van der Waals surface area contributed by atoms with Crippen LogP contribution in [0.25, 0.3) is 32.2 Å². The summed E-state index contributed by atoms with van der Waals surface area (Å²) >= 11 is 0. The van der Waals surface area contributed by atoms with Crippen LogP contribution in [0.3, 0.4) is 0 Å². The third-order valence-electron chi connectivity index (χ3n) is 6.43. The molecule has 0 heterocycles. The van der Waals surface area contributed by atoms with E-state index in [1.165, 1.54) is 44.4 Å². The molecule has 0 aliphatic carbocycles. The van der Waals surface area contributed by atoms with Crippen LogP contribution in [0.4, 0.5) is 11.4 Å². The molecule has 4 aromatic carbocycles. The summed E-state index contributed by atoms with van der Waals surface area (Å²) < 4.78 is 0. The number of hydrogen-bond donors (Lipinski definition) is 2. The second-order valence-corrected chi connectivity index (χ2v) is 11.8. The first-order valence-corrected chi connectivity index (χ1v) is 15.5. The van der Waals surface area contributed by atoms with Crippen molar-refractivity contribution in [1.29, 1.82) is 0 Å². The number of nitrogens with zero attached hydrogens (tertiary/aromatic N) is 4. The number of nitrogens with one attached hydrogen (secondary N) is 2. The molecule has 0 bridgehead atoms. The van der Waals surface area contributed by atoms with Crippen molar-refractivity contribution >= 4 is 32.9 Å². The molecule has 0 amide bonds. The number of hydrogen-bond acceptors (Lipinski definition) is 2. The molecule has 240 valence electrons. The molecular weight excluding hydrogens is 554 g/mol. The van der Waals surface area contributed by atoms with Gasteiger partial charge in [-0.15, -0.1) is 49.8 Å². The average Bonchev–Trinajstić information content (AvgIpc) is 3.01. The summed E-state index contributed by atoms with van der Waals surface area (Å²) in [6, 6.07) is 28.9. The minimum atomic E-state index is 0. The Morgan fingerprint density at radius 1 is 0.543 bits per heavy atom. The van der Waals surface area contributed by atoms with Gasteiger partial charge >= 0.3 is 37.7 Å². The van der Waals surface area contributed by atoms with E-state index in [1.54, 1.807) is 0 Å². The quantitative estimate of drug-likeness (QED) is 0.167. The van der Waals surface area contributed by atoms with E-state index in [9.17, 15) is 0 Å². The van der Waals surface area contributed by atoms with Crippen molar-refractivity contribution in [3.63, 3.8) is 0 Å². The molecule has 0 unspecified atom stereocenters. The molecule has 0 saturated carbocycles. The zero-order valence-electron chi connectivity index (χ0n) is 30.7. The van der Waals surface area contributed by atoms with Gasteiger partial charge in [-0.25, -0.2) is 0 Å². The van der Waals surface area contributed by atoms with Gasteiger partial charge in [0.15, 0.2) is 0 Å². The van der Waals surface area contributed by atoms with Crippen LogP contribution in [0, 0.1) is 0 Å². The van der Waals surface area contributed by atoms with E-state index in [1.807, 2.05) is 60.7 Å².